The zero-order chi connectivity index (χ0) is 18.0. The van der Waals surface area contributed by atoms with Crippen LogP contribution in [0, 0.1) is 0 Å². The monoisotopic (exact) mass is 338 g/mol. The van der Waals surface area contributed by atoms with Crippen molar-refractivity contribution in [3.63, 3.8) is 0 Å². The Balaban J connectivity index is 2.24. The fourth-order valence-electron chi connectivity index (χ4n) is 3.77. The number of ether oxygens (including phenoxy) is 2. The van der Waals surface area contributed by atoms with Crippen molar-refractivity contribution in [2.75, 3.05) is 14.2 Å². The standard InChI is InChI=1S/C22H26O3/c1-15(23)22(2)18-9-11-20(24-3)16(13-18)7-5-6-8-17-14-19(22)10-12-21(17)25-4/h9-14H,5-8H2,1-4H3. The van der Waals surface area contributed by atoms with Crippen LogP contribution in [0.1, 0.15) is 48.9 Å². The van der Waals surface area contributed by atoms with E-state index in [1.54, 1.807) is 21.1 Å². The molecule has 0 spiro atoms. The van der Waals surface area contributed by atoms with Crippen LogP contribution in [0.5, 0.6) is 11.5 Å². The molecule has 0 N–H and O–H groups in total. The van der Waals surface area contributed by atoms with Crippen molar-refractivity contribution in [1.29, 1.82) is 0 Å². The molecule has 2 aromatic rings. The van der Waals surface area contributed by atoms with Gasteiger partial charge in [-0.1, -0.05) is 24.3 Å². The van der Waals surface area contributed by atoms with Crippen LogP contribution in [0.3, 0.4) is 0 Å². The van der Waals surface area contributed by atoms with Gasteiger partial charge in [0.25, 0.3) is 0 Å². The van der Waals surface area contributed by atoms with Gasteiger partial charge >= 0.3 is 0 Å². The third-order valence-corrected chi connectivity index (χ3v) is 5.56. The van der Waals surface area contributed by atoms with Gasteiger partial charge in [0.2, 0.25) is 0 Å². The number of hydrogen-bond acceptors (Lipinski definition) is 3. The Morgan fingerprint density at radius 1 is 0.880 bits per heavy atom. The predicted octanol–water partition coefficient (Wildman–Crippen LogP) is 4.48. The summed E-state index contributed by atoms with van der Waals surface area (Å²) in [7, 11) is 3.41. The lowest BCUT2D eigenvalue weighted by molar-refractivity contribution is -0.120. The van der Waals surface area contributed by atoms with Crippen LogP contribution in [-0.2, 0) is 23.1 Å². The van der Waals surface area contributed by atoms with Crippen molar-refractivity contribution in [3.8, 4) is 11.5 Å². The summed E-state index contributed by atoms with van der Waals surface area (Å²) in [5.74, 6) is 1.94. The van der Waals surface area contributed by atoms with Crippen molar-refractivity contribution in [2.45, 2.75) is 44.9 Å². The van der Waals surface area contributed by atoms with Crippen LogP contribution < -0.4 is 9.47 Å². The van der Waals surface area contributed by atoms with E-state index in [0.717, 1.165) is 48.3 Å². The minimum Gasteiger partial charge on any atom is -0.496 e. The molecule has 0 fully saturated rings. The largest absolute Gasteiger partial charge is 0.496 e. The first-order valence-electron chi connectivity index (χ1n) is 8.86. The van der Waals surface area contributed by atoms with Crippen LogP contribution in [0.15, 0.2) is 36.4 Å². The Kier molecular flexibility index (Phi) is 4.85. The summed E-state index contributed by atoms with van der Waals surface area (Å²) in [6.45, 7) is 3.69. The Hall–Kier alpha value is -2.29. The van der Waals surface area contributed by atoms with E-state index in [1.165, 1.54) is 11.1 Å². The number of carbonyl (C=O) groups excluding carboxylic acids is 1. The van der Waals surface area contributed by atoms with Crippen LogP contribution in [0.4, 0.5) is 0 Å². The lowest BCUT2D eigenvalue weighted by Crippen LogP contribution is -2.32. The van der Waals surface area contributed by atoms with Gasteiger partial charge in [-0.05, 0) is 73.9 Å². The maximum atomic E-state index is 12.7. The molecular formula is C22H26O3. The van der Waals surface area contributed by atoms with Crippen LogP contribution in [0.25, 0.3) is 0 Å². The summed E-state index contributed by atoms with van der Waals surface area (Å²) in [4.78, 5) is 12.7. The Morgan fingerprint density at radius 3 is 1.68 bits per heavy atom. The second kappa shape index (κ2) is 6.91. The van der Waals surface area contributed by atoms with E-state index >= 15 is 0 Å². The van der Waals surface area contributed by atoms with Gasteiger partial charge in [0, 0.05) is 0 Å². The molecule has 0 radical (unpaired) electrons. The van der Waals surface area contributed by atoms with E-state index in [-0.39, 0.29) is 5.78 Å². The Labute approximate surface area is 150 Å². The molecule has 3 heteroatoms. The summed E-state index contributed by atoms with van der Waals surface area (Å²) < 4.78 is 11.1. The minimum atomic E-state index is -0.674. The third-order valence-electron chi connectivity index (χ3n) is 5.56. The minimum absolute atomic E-state index is 0.138. The van der Waals surface area contributed by atoms with Gasteiger partial charge in [0.1, 0.15) is 17.3 Å². The van der Waals surface area contributed by atoms with Crippen molar-refractivity contribution in [2.24, 2.45) is 0 Å². The van der Waals surface area contributed by atoms with E-state index in [2.05, 4.69) is 12.1 Å². The number of aryl methyl sites for hydroxylation is 2. The topological polar surface area (TPSA) is 35.5 Å². The third kappa shape index (κ3) is 3.04. The predicted molar refractivity (Wildman–Crippen MR) is 99.8 cm³/mol. The number of carbonyl (C=O) groups is 1. The summed E-state index contributed by atoms with van der Waals surface area (Å²) in [6, 6.07) is 12.3. The van der Waals surface area contributed by atoms with Gasteiger partial charge in [-0.3, -0.25) is 4.79 Å². The molecular weight excluding hydrogens is 312 g/mol. The number of Topliss-reactive ketones (excluding diaryl/α,β-unsaturated/α-hetero) is 1. The molecule has 0 saturated heterocycles. The highest BCUT2D eigenvalue weighted by atomic mass is 16.5. The van der Waals surface area contributed by atoms with Crippen LogP contribution >= 0.6 is 0 Å². The molecule has 2 aromatic carbocycles. The molecule has 0 aromatic heterocycles. The number of fused-ring (bicyclic) bond motifs is 4. The molecule has 132 valence electrons. The first-order chi connectivity index (χ1) is 12.0. The summed E-state index contributed by atoms with van der Waals surface area (Å²) in [5, 5.41) is 0. The molecule has 0 aliphatic heterocycles. The smallest absolute Gasteiger partial charge is 0.144 e. The lowest BCUT2D eigenvalue weighted by atomic mass is 9.72. The molecule has 4 bridgehead atoms. The molecule has 0 unspecified atom stereocenters. The zero-order valence-electron chi connectivity index (χ0n) is 15.5. The summed E-state index contributed by atoms with van der Waals surface area (Å²) >= 11 is 0. The molecule has 3 rings (SSSR count). The van der Waals surface area contributed by atoms with Gasteiger partial charge in [-0.2, -0.15) is 0 Å². The van der Waals surface area contributed by atoms with Crippen LogP contribution in [0.2, 0.25) is 0 Å². The molecule has 0 amide bonds. The summed E-state index contributed by atoms with van der Waals surface area (Å²) in [6.07, 6.45) is 4.04. The second-order valence-electron chi connectivity index (χ2n) is 6.94. The highest BCUT2D eigenvalue weighted by Gasteiger charge is 2.35. The molecule has 25 heavy (non-hydrogen) atoms. The molecule has 1 aliphatic carbocycles. The fourth-order valence-corrected chi connectivity index (χ4v) is 3.77. The van der Waals surface area contributed by atoms with E-state index < -0.39 is 5.41 Å². The summed E-state index contributed by atoms with van der Waals surface area (Å²) in [5.41, 5.74) is 3.72. The van der Waals surface area contributed by atoms with Gasteiger partial charge in [-0.25, -0.2) is 0 Å². The van der Waals surface area contributed by atoms with E-state index in [4.69, 9.17) is 9.47 Å². The van der Waals surface area contributed by atoms with E-state index in [1.807, 2.05) is 31.2 Å². The fraction of sp³-hybridized carbons (Fsp3) is 0.409. The maximum Gasteiger partial charge on any atom is 0.144 e. The second-order valence-corrected chi connectivity index (χ2v) is 6.94. The Bertz CT molecular complexity index is 734. The normalized spacial score (nSPS) is 15.8. The molecule has 1 aliphatic rings. The highest BCUT2D eigenvalue weighted by Crippen LogP contribution is 2.38. The number of ketones is 1. The number of methoxy groups -OCH3 is 2. The van der Waals surface area contributed by atoms with Crippen LogP contribution in [-0.4, -0.2) is 20.0 Å². The lowest BCUT2D eigenvalue weighted by Gasteiger charge is -2.29. The number of hydrogen-bond donors (Lipinski definition) is 0. The first kappa shape index (κ1) is 17.5. The first-order valence-corrected chi connectivity index (χ1v) is 8.86. The number of rotatable bonds is 3. The van der Waals surface area contributed by atoms with Gasteiger partial charge < -0.3 is 9.47 Å². The van der Waals surface area contributed by atoms with Gasteiger partial charge in [0.05, 0.1) is 19.6 Å². The average molecular weight is 338 g/mol. The van der Waals surface area contributed by atoms with E-state index in [0.29, 0.717) is 0 Å². The van der Waals surface area contributed by atoms with Crippen molar-refractivity contribution >= 4 is 5.78 Å². The number of benzene rings is 2. The molecule has 3 nitrogen and oxygen atoms in total. The molecule has 0 atom stereocenters. The van der Waals surface area contributed by atoms with Crippen molar-refractivity contribution < 1.29 is 14.3 Å². The SMILES string of the molecule is COc1ccc2cc1CCCCc1cc(ccc1OC)C2(C)C(C)=O. The average Bonchev–Trinajstić information content (AvgIpc) is 2.64. The molecule has 0 saturated carbocycles. The van der Waals surface area contributed by atoms with Crippen molar-refractivity contribution in [1.82, 2.24) is 0 Å². The Morgan fingerprint density at radius 2 is 1.32 bits per heavy atom. The molecule has 0 heterocycles. The van der Waals surface area contributed by atoms with Crippen molar-refractivity contribution in [3.05, 3.63) is 58.7 Å². The zero-order valence-corrected chi connectivity index (χ0v) is 15.5. The highest BCUT2D eigenvalue weighted by molar-refractivity contribution is 5.91. The van der Waals surface area contributed by atoms with E-state index in [9.17, 15) is 4.79 Å². The quantitative estimate of drug-likeness (QED) is 0.828. The maximum absolute atomic E-state index is 12.7. The van der Waals surface area contributed by atoms with Gasteiger partial charge in [0.15, 0.2) is 0 Å². The van der Waals surface area contributed by atoms with Gasteiger partial charge in [-0.15, -0.1) is 0 Å².